The first-order valence-electron chi connectivity index (χ1n) is 10.0. The fourth-order valence-corrected chi connectivity index (χ4v) is 4.75. The van der Waals surface area contributed by atoms with Crippen LogP contribution in [0.1, 0.15) is 23.1 Å². The van der Waals surface area contributed by atoms with Gasteiger partial charge in [-0.15, -0.1) is 0 Å². The predicted molar refractivity (Wildman–Crippen MR) is 131 cm³/mol. The van der Waals surface area contributed by atoms with Gasteiger partial charge in [0.1, 0.15) is 10.0 Å². The standard InChI is InChI=1S/C24H21N3O3S2/c1-15-8-9-16(2)19(12-15)22-17(14-27(25-22)18-6-4-3-5-7-18)13-20-23(30)26(24(31)32-20)11-10-21(28)29/h3-9,12-14H,10-11H2,1-2H3,(H,28,29)/b20-13+. The lowest BCUT2D eigenvalue weighted by molar-refractivity contribution is -0.137. The fraction of sp³-hybridized carbons (Fsp3) is 0.167. The summed E-state index contributed by atoms with van der Waals surface area (Å²) in [5, 5.41) is 13.8. The minimum absolute atomic E-state index is 0.0600. The second kappa shape index (κ2) is 9.10. The van der Waals surface area contributed by atoms with Gasteiger partial charge in [0, 0.05) is 23.9 Å². The number of nitrogens with zero attached hydrogens (tertiary/aromatic N) is 3. The molecule has 162 valence electrons. The quantitative estimate of drug-likeness (QED) is 0.417. The highest BCUT2D eigenvalue weighted by atomic mass is 32.2. The number of aromatic nitrogens is 2. The lowest BCUT2D eigenvalue weighted by atomic mass is 10.0. The van der Waals surface area contributed by atoms with Gasteiger partial charge in [0.05, 0.1) is 17.0 Å². The Hall–Kier alpha value is -3.23. The number of aliphatic carboxylic acids is 1. The van der Waals surface area contributed by atoms with Gasteiger partial charge in [-0.1, -0.05) is 59.9 Å². The van der Waals surface area contributed by atoms with Crippen LogP contribution in [-0.4, -0.2) is 42.5 Å². The molecule has 0 saturated carbocycles. The van der Waals surface area contributed by atoms with Gasteiger partial charge in [0.2, 0.25) is 0 Å². The average Bonchev–Trinajstić information content (AvgIpc) is 3.30. The van der Waals surface area contributed by atoms with Gasteiger partial charge >= 0.3 is 5.97 Å². The third-order valence-corrected chi connectivity index (χ3v) is 6.50. The van der Waals surface area contributed by atoms with Crippen molar-refractivity contribution < 1.29 is 14.7 Å². The van der Waals surface area contributed by atoms with E-state index in [0.717, 1.165) is 33.6 Å². The highest BCUT2D eigenvalue weighted by molar-refractivity contribution is 8.26. The summed E-state index contributed by atoms with van der Waals surface area (Å²) >= 11 is 6.51. The molecule has 0 radical (unpaired) electrons. The van der Waals surface area contributed by atoms with Gasteiger partial charge in [-0.3, -0.25) is 14.5 Å². The van der Waals surface area contributed by atoms with E-state index in [0.29, 0.717) is 9.23 Å². The Labute approximate surface area is 195 Å². The molecule has 8 heteroatoms. The summed E-state index contributed by atoms with van der Waals surface area (Å²) in [6.45, 7) is 4.13. The number of benzene rings is 2. The van der Waals surface area contributed by atoms with Gasteiger partial charge in [0.25, 0.3) is 5.91 Å². The number of para-hydroxylation sites is 1. The van der Waals surface area contributed by atoms with Crippen LogP contribution in [-0.2, 0) is 9.59 Å². The van der Waals surface area contributed by atoms with Gasteiger partial charge in [-0.05, 0) is 43.7 Å². The van der Waals surface area contributed by atoms with Crippen molar-refractivity contribution >= 4 is 46.3 Å². The normalized spacial score (nSPS) is 15.1. The molecule has 32 heavy (non-hydrogen) atoms. The summed E-state index contributed by atoms with van der Waals surface area (Å²) in [6.07, 6.45) is 3.54. The molecule has 2 aromatic carbocycles. The van der Waals surface area contributed by atoms with Crippen LogP contribution in [0.4, 0.5) is 0 Å². The van der Waals surface area contributed by atoms with Crippen molar-refractivity contribution in [2.24, 2.45) is 0 Å². The molecule has 0 bridgehead atoms. The van der Waals surface area contributed by atoms with E-state index in [2.05, 4.69) is 18.2 Å². The first-order chi connectivity index (χ1) is 15.3. The summed E-state index contributed by atoms with van der Waals surface area (Å²) in [4.78, 5) is 25.6. The number of hydrogen-bond donors (Lipinski definition) is 1. The maximum absolute atomic E-state index is 12.9. The summed E-state index contributed by atoms with van der Waals surface area (Å²) in [5.41, 5.74) is 5.66. The van der Waals surface area contributed by atoms with Crippen molar-refractivity contribution in [2.45, 2.75) is 20.3 Å². The van der Waals surface area contributed by atoms with E-state index in [1.54, 1.807) is 10.8 Å². The minimum Gasteiger partial charge on any atom is -0.481 e. The number of thiocarbonyl (C=S) groups is 1. The van der Waals surface area contributed by atoms with Crippen LogP contribution in [0.5, 0.6) is 0 Å². The fourth-order valence-electron chi connectivity index (χ4n) is 3.45. The van der Waals surface area contributed by atoms with E-state index in [9.17, 15) is 9.59 Å². The largest absolute Gasteiger partial charge is 0.481 e. The molecule has 1 N–H and O–H groups in total. The van der Waals surface area contributed by atoms with E-state index < -0.39 is 5.97 Å². The maximum Gasteiger partial charge on any atom is 0.305 e. The highest BCUT2D eigenvalue weighted by Gasteiger charge is 2.32. The third kappa shape index (κ3) is 4.51. The number of carbonyl (C=O) groups excluding carboxylic acids is 1. The summed E-state index contributed by atoms with van der Waals surface area (Å²) in [7, 11) is 0. The maximum atomic E-state index is 12.9. The first kappa shape index (κ1) is 22.0. The van der Waals surface area contributed by atoms with Crippen LogP contribution in [0.15, 0.2) is 59.6 Å². The molecule has 0 spiro atoms. The number of amides is 1. The molecular formula is C24H21N3O3S2. The zero-order valence-corrected chi connectivity index (χ0v) is 19.2. The number of aryl methyl sites for hydroxylation is 2. The monoisotopic (exact) mass is 463 g/mol. The Bertz CT molecular complexity index is 1250. The predicted octanol–water partition coefficient (Wildman–Crippen LogP) is 4.83. The summed E-state index contributed by atoms with van der Waals surface area (Å²) in [5.74, 6) is -1.25. The number of carboxylic acids is 1. The Balaban J connectivity index is 1.79. The van der Waals surface area contributed by atoms with Gasteiger partial charge in [0.15, 0.2) is 0 Å². The molecule has 1 aliphatic rings. The highest BCUT2D eigenvalue weighted by Crippen LogP contribution is 2.35. The molecule has 2 heterocycles. The Kier molecular flexibility index (Phi) is 6.25. The van der Waals surface area contributed by atoms with E-state index in [4.69, 9.17) is 22.4 Å². The number of rotatable bonds is 6. The molecule has 3 aromatic rings. The number of hydrogen-bond acceptors (Lipinski definition) is 5. The van der Waals surface area contributed by atoms with E-state index >= 15 is 0 Å². The second-order valence-electron chi connectivity index (χ2n) is 7.51. The lowest BCUT2D eigenvalue weighted by Gasteiger charge is -2.12. The van der Waals surface area contributed by atoms with Crippen molar-refractivity contribution in [1.82, 2.24) is 14.7 Å². The number of carbonyl (C=O) groups is 2. The minimum atomic E-state index is -0.968. The Morgan fingerprint density at radius 2 is 1.94 bits per heavy atom. The average molecular weight is 464 g/mol. The van der Waals surface area contributed by atoms with Gasteiger partial charge in [-0.2, -0.15) is 5.10 Å². The van der Waals surface area contributed by atoms with Crippen LogP contribution < -0.4 is 0 Å². The molecule has 0 aliphatic carbocycles. The van der Waals surface area contributed by atoms with Crippen molar-refractivity contribution in [3.05, 3.63) is 76.3 Å². The lowest BCUT2D eigenvalue weighted by Crippen LogP contribution is -2.30. The topological polar surface area (TPSA) is 75.4 Å². The molecule has 1 aliphatic heterocycles. The summed E-state index contributed by atoms with van der Waals surface area (Å²) < 4.78 is 2.17. The molecule has 6 nitrogen and oxygen atoms in total. The van der Waals surface area contributed by atoms with Crippen LogP contribution in [0, 0.1) is 13.8 Å². The molecule has 1 saturated heterocycles. The molecule has 1 amide bonds. The molecular weight excluding hydrogens is 442 g/mol. The zero-order valence-electron chi connectivity index (χ0n) is 17.6. The van der Waals surface area contributed by atoms with Crippen molar-refractivity contribution in [3.8, 4) is 16.9 Å². The van der Waals surface area contributed by atoms with E-state index in [-0.39, 0.29) is 18.9 Å². The van der Waals surface area contributed by atoms with Gasteiger partial charge in [-0.25, -0.2) is 4.68 Å². The zero-order chi connectivity index (χ0) is 22.8. The van der Waals surface area contributed by atoms with Crippen LogP contribution in [0.3, 0.4) is 0 Å². The van der Waals surface area contributed by atoms with E-state index in [1.165, 1.54) is 16.7 Å². The van der Waals surface area contributed by atoms with Crippen LogP contribution in [0.2, 0.25) is 0 Å². The van der Waals surface area contributed by atoms with Crippen LogP contribution in [0.25, 0.3) is 23.0 Å². The van der Waals surface area contributed by atoms with Crippen molar-refractivity contribution in [3.63, 3.8) is 0 Å². The third-order valence-electron chi connectivity index (χ3n) is 5.12. The number of thioether (sulfide) groups is 1. The molecule has 0 atom stereocenters. The van der Waals surface area contributed by atoms with Crippen molar-refractivity contribution in [2.75, 3.05) is 6.54 Å². The number of carboxylic acid groups (broad SMARTS) is 1. The Morgan fingerprint density at radius 1 is 1.19 bits per heavy atom. The summed E-state index contributed by atoms with van der Waals surface area (Å²) in [6, 6.07) is 16.0. The Morgan fingerprint density at radius 3 is 2.66 bits per heavy atom. The van der Waals surface area contributed by atoms with Crippen molar-refractivity contribution in [1.29, 1.82) is 0 Å². The smallest absolute Gasteiger partial charge is 0.305 e. The SMILES string of the molecule is Cc1ccc(C)c(-c2nn(-c3ccccc3)cc2/C=C2/SC(=S)N(CCC(=O)O)C2=O)c1. The molecule has 4 rings (SSSR count). The molecule has 0 unspecified atom stereocenters. The molecule has 1 fully saturated rings. The van der Waals surface area contributed by atoms with Gasteiger partial charge < -0.3 is 5.11 Å². The first-order valence-corrected chi connectivity index (χ1v) is 11.3. The van der Waals surface area contributed by atoms with Crippen LogP contribution >= 0.6 is 24.0 Å². The van der Waals surface area contributed by atoms with E-state index in [1.807, 2.05) is 50.4 Å². The second-order valence-corrected chi connectivity index (χ2v) is 9.18. The molecule has 1 aromatic heterocycles.